The van der Waals surface area contributed by atoms with Crippen molar-refractivity contribution in [3.63, 3.8) is 0 Å². The van der Waals surface area contributed by atoms with Gasteiger partial charge in [0, 0.05) is 11.3 Å². The van der Waals surface area contributed by atoms with E-state index in [4.69, 9.17) is 14.2 Å². The molecule has 1 saturated heterocycles. The molecule has 0 unspecified atom stereocenters. The average molecular weight is 402 g/mol. The van der Waals surface area contributed by atoms with Crippen LogP contribution in [0.5, 0.6) is 11.5 Å². The Hall–Kier alpha value is -3.00. The zero-order valence-electron chi connectivity index (χ0n) is 16.3. The van der Waals surface area contributed by atoms with E-state index in [-0.39, 0.29) is 18.7 Å². The molecule has 1 amide bonds. The molecule has 0 spiro atoms. The highest BCUT2D eigenvalue weighted by atomic mass is 19.1. The van der Waals surface area contributed by atoms with Crippen molar-refractivity contribution in [2.24, 2.45) is 0 Å². The number of ether oxygens (including phenoxy) is 3. The number of rotatable bonds is 5. The van der Waals surface area contributed by atoms with Crippen LogP contribution in [0.25, 0.3) is 0 Å². The summed E-state index contributed by atoms with van der Waals surface area (Å²) in [5.74, 6) is 1.24. The van der Waals surface area contributed by atoms with Gasteiger partial charge in [-0.1, -0.05) is 0 Å². The Bertz CT molecular complexity index is 854. The largest absolute Gasteiger partial charge is 0.454 e. The van der Waals surface area contributed by atoms with Gasteiger partial charge in [0.15, 0.2) is 11.5 Å². The van der Waals surface area contributed by atoms with Gasteiger partial charge >= 0.3 is 6.09 Å². The SMILES string of the molecule is COC(=O)NC[C@@H](c1ccc2c(c1)OCO2)[NH+]1CCN(c2ccc(F)cc2)CC1. The molecule has 0 radical (unpaired) electrons. The Morgan fingerprint density at radius 3 is 2.62 bits per heavy atom. The molecule has 2 aromatic rings. The van der Waals surface area contributed by atoms with Crippen molar-refractivity contribution >= 4 is 11.8 Å². The van der Waals surface area contributed by atoms with Crippen LogP contribution in [0.3, 0.4) is 0 Å². The minimum atomic E-state index is -0.444. The van der Waals surface area contributed by atoms with E-state index in [1.807, 2.05) is 30.3 Å². The van der Waals surface area contributed by atoms with Crippen molar-refractivity contribution in [2.75, 3.05) is 51.5 Å². The minimum Gasteiger partial charge on any atom is -0.454 e. The number of quaternary nitrogens is 1. The fraction of sp³-hybridized carbons (Fsp3) is 0.381. The van der Waals surface area contributed by atoms with E-state index in [1.165, 1.54) is 24.1 Å². The molecule has 2 aliphatic heterocycles. The molecular weight excluding hydrogens is 377 g/mol. The first kappa shape index (κ1) is 19.3. The van der Waals surface area contributed by atoms with Crippen LogP contribution in [0.1, 0.15) is 11.6 Å². The Morgan fingerprint density at radius 1 is 1.17 bits per heavy atom. The molecule has 0 bridgehead atoms. The molecule has 154 valence electrons. The predicted molar refractivity (Wildman–Crippen MR) is 105 cm³/mol. The van der Waals surface area contributed by atoms with Crippen molar-refractivity contribution in [3.05, 3.63) is 53.8 Å². The second kappa shape index (κ2) is 8.57. The lowest BCUT2D eigenvalue weighted by molar-refractivity contribution is -0.931. The number of hydrogen-bond donors (Lipinski definition) is 2. The van der Waals surface area contributed by atoms with Crippen LogP contribution in [0.2, 0.25) is 0 Å². The number of carbonyl (C=O) groups is 1. The third-order valence-corrected chi connectivity index (χ3v) is 5.53. The average Bonchev–Trinajstić information content (AvgIpc) is 3.23. The van der Waals surface area contributed by atoms with Gasteiger partial charge in [-0.3, -0.25) is 0 Å². The standard InChI is InChI=1S/C21H24FN3O4/c1-27-21(26)23-13-18(15-2-7-19-20(12-15)29-14-28-19)25-10-8-24(9-11-25)17-5-3-16(22)4-6-17/h2-7,12,18H,8-11,13-14H2,1H3,(H,23,26)/p+1/t18-/m0/s1. The van der Waals surface area contributed by atoms with Gasteiger partial charge in [-0.15, -0.1) is 0 Å². The Kier molecular flexibility index (Phi) is 5.71. The van der Waals surface area contributed by atoms with Crippen LogP contribution in [0, 0.1) is 5.82 Å². The third-order valence-electron chi connectivity index (χ3n) is 5.53. The lowest BCUT2D eigenvalue weighted by atomic mass is 10.0. The molecule has 0 aliphatic carbocycles. The van der Waals surface area contributed by atoms with Crippen molar-refractivity contribution in [1.29, 1.82) is 0 Å². The normalized spacial score (nSPS) is 17.1. The number of carbonyl (C=O) groups excluding carboxylic acids is 1. The summed E-state index contributed by atoms with van der Waals surface area (Å²) < 4.78 is 28.9. The minimum absolute atomic E-state index is 0.0546. The highest BCUT2D eigenvalue weighted by Crippen LogP contribution is 2.33. The summed E-state index contributed by atoms with van der Waals surface area (Å²) in [4.78, 5) is 15.3. The van der Waals surface area contributed by atoms with Crippen LogP contribution in [0.4, 0.5) is 14.9 Å². The van der Waals surface area contributed by atoms with Crippen molar-refractivity contribution in [2.45, 2.75) is 6.04 Å². The second-order valence-corrected chi connectivity index (χ2v) is 7.16. The van der Waals surface area contributed by atoms with E-state index < -0.39 is 6.09 Å². The monoisotopic (exact) mass is 402 g/mol. The first-order valence-electron chi connectivity index (χ1n) is 9.70. The third kappa shape index (κ3) is 4.37. The maximum atomic E-state index is 13.2. The quantitative estimate of drug-likeness (QED) is 0.791. The number of piperazine rings is 1. The van der Waals surface area contributed by atoms with Crippen molar-refractivity contribution < 1.29 is 28.3 Å². The van der Waals surface area contributed by atoms with Crippen molar-refractivity contribution in [1.82, 2.24) is 5.32 Å². The molecule has 0 saturated carbocycles. The Balaban J connectivity index is 1.48. The van der Waals surface area contributed by atoms with Crippen LogP contribution in [0.15, 0.2) is 42.5 Å². The molecule has 8 heteroatoms. The molecule has 2 N–H and O–H groups in total. The van der Waals surface area contributed by atoms with Gasteiger partial charge in [-0.05, 0) is 42.5 Å². The summed E-state index contributed by atoms with van der Waals surface area (Å²) in [5.41, 5.74) is 2.11. The summed E-state index contributed by atoms with van der Waals surface area (Å²) in [6.45, 7) is 4.16. The number of halogens is 1. The smallest absolute Gasteiger partial charge is 0.407 e. The maximum absolute atomic E-state index is 13.2. The summed E-state index contributed by atoms with van der Waals surface area (Å²) in [7, 11) is 1.36. The lowest BCUT2D eigenvalue weighted by Gasteiger charge is -2.37. The van der Waals surface area contributed by atoms with Gasteiger partial charge in [0.25, 0.3) is 0 Å². The van der Waals surface area contributed by atoms with E-state index >= 15 is 0 Å². The Morgan fingerprint density at radius 2 is 1.90 bits per heavy atom. The van der Waals surface area contributed by atoms with Gasteiger partial charge in [-0.25, -0.2) is 9.18 Å². The van der Waals surface area contributed by atoms with Crippen LogP contribution >= 0.6 is 0 Å². The molecule has 2 aromatic carbocycles. The topological polar surface area (TPSA) is 64.5 Å². The van der Waals surface area contributed by atoms with E-state index in [1.54, 1.807) is 0 Å². The number of fused-ring (bicyclic) bond motifs is 1. The van der Waals surface area contributed by atoms with Gasteiger partial charge in [0.2, 0.25) is 6.79 Å². The van der Waals surface area contributed by atoms with E-state index in [0.717, 1.165) is 48.9 Å². The number of anilines is 1. The number of amides is 1. The van der Waals surface area contributed by atoms with Gasteiger partial charge in [0.1, 0.15) is 11.9 Å². The molecule has 2 heterocycles. The number of alkyl carbamates (subject to hydrolysis) is 1. The summed E-state index contributed by atoms with van der Waals surface area (Å²) >= 11 is 0. The first-order chi connectivity index (χ1) is 14.1. The number of nitrogens with one attached hydrogen (secondary N) is 2. The number of hydrogen-bond acceptors (Lipinski definition) is 5. The fourth-order valence-corrected chi connectivity index (χ4v) is 3.94. The van der Waals surface area contributed by atoms with E-state index in [0.29, 0.717) is 6.54 Å². The van der Waals surface area contributed by atoms with Crippen LogP contribution in [-0.4, -0.2) is 52.7 Å². The molecule has 1 fully saturated rings. The highest BCUT2D eigenvalue weighted by molar-refractivity contribution is 5.66. The van der Waals surface area contributed by atoms with Crippen LogP contribution in [-0.2, 0) is 4.74 Å². The maximum Gasteiger partial charge on any atom is 0.407 e. The zero-order chi connectivity index (χ0) is 20.2. The fourth-order valence-electron chi connectivity index (χ4n) is 3.94. The van der Waals surface area contributed by atoms with E-state index in [9.17, 15) is 9.18 Å². The van der Waals surface area contributed by atoms with Gasteiger partial charge < -0.3 is 29.3 Å². The van der Waals surface area contributed by atoms with Crippen LogP contribution < -0.4 is 24.6 Å². The molecule has 0 aromatic heterocycles. The number of nitrogens with zero attached hydrogens (tertiary/aromatic N) is 1. The van der Waals surface area contributed by atoms with Crippen molar-refractivity contribution in [3.8, 4) is 11.5 Å². The molecule has 4 rings (SSSR count). The zero-order valence-corrected chi connectivity index (χ0v) is 16.3. The summed E-state index contributed by atoms with van der Waals surface area (Å²) in [5, 5.41) is 2.84. The highest BCUT2D eigenvalue weighted by Gasteiger charge is 2.30. The number of methoxy groups -OCH3 is 1. The molecular formula is C21H25FN3O4+. The first-order valence-corrected chi connectivity index (χ1v) is 9.70. The summed E-state index contributed by atoms with van der Waals surface area (Å²) in [6.07, 6.45) is -0.444. The van der Waals surface area contributed by atoms with Gasteiger partial charge in [-0.2, -0.15) is 0 Å². The molecule has 2 aliphatic rings. The second-order valence-electron chi connectivity index (χ2n) is 7.16. The molecule has 7 nitrogen and oxygen atoms in total. The van der Waals surface area contributed by atoms with E-state index in [2.05, 4.69) is 10.2 Å². The van der Waals surface area contributed by atoms with Gasteiger partial charge in [0.05, 0.1) is 39.8 Å². The summed E-state index contributed by atoms with van der Waals surface area (Å²) in [6, 6.07) is 12.6. The molecule has 29 heavy (non-hydrogen) atoms. The predicted octanol–water partition coefficient (Wildman–Crippen LogP) is 1.36. The molecule has 1 atom stereocenters. The lowest BCUT2D eigenvalue weighted by Crippen LogP contribution is -3.15. The number of benzene rings is 2. The Labute approximate surface area is 168 Å².